The fraction of sp³-hybridized carbons (Fsp3) is 0.310. The highest BCUT2D eigenvalue weighted by Crippen LogP contribution is 2.29. The second-order valence-corrected chi connectivity index (χ2v) is 12.4. The van der Waals surface area contributed by atoms with Gasteiger partial charge in [0.15, 0.2) is 0 Å². The van der Waals surface area contributed by atoms with Crippen molar-refractivity contribution in [3.8, 4) is 0 Å². The molecule has 0 aliphatic heterocycles. The van der Waals surface area contributed by atoms with Crippen molar-refractivity contribution in [2.75, 3.05) is 17.4 Å². The van der Waals surface area contributed by atoms with Crippen LogP contribution in [0.2, 0.25) is 15.1 Å². The van der Waals surface area contributed by atoms with E-state index in [0.717, 1.165) is 15.4 Å². The lowest BCUT2D eigenvalue weighted by Crippen LogP contribution is -2.52. The third kappa shape index (κ3) is 7.49. The van der Waals surface area contributed by atoms with Gasteiger partial charge in [0.25, 0.3) is 10.0 Å². The standard InChI is InChI=1S/C29H32Cl3N3O4S/c1-5-27(29(37)33-6-2)34(17-21-10-11-22(30)15-26(21)32)28(36)18-35(23-12-9-20(4)25(31)16-23)40(38,39)24-13-7-19(3)8-14-24/h7-16,27H,5-6,17-18H2,1-4H3,(H,33,37)/t27-/m0/s1. The number of sulfonamides is 1. The zero-order valence-electron chi connectivity index (χ0n) is 22.7. The Labute approximate surface area is 251 Å². The number of likely N-dealkylation sites (N-methyl/N-ethyl adjacent to an activating group) is 1. The van der Waals surface area contributed by atoms with Crippen molar-refractivity contribution >= 4 is 62.3 Å². The summed E-state index contributed by atoms with van der Waals surface area (Å²) in [5.41, 5.74) is 2.43. The van der Waals surface area contributed by atoms with Crippen LogP contribution in [0, 0.1) is 13.8 Å². The Balaban J connectivity index is 2.10. The summed E-state index contributed by atoms with van der Waals surface area (Å²) >= 11 is 18.9. The van der Waals surface area contributed by atoms with Gasteiger partial charge in [-0.1, -0.05) is 71.6 Å². The number of anilines is 1. The van der Waals surface area contributed by atoms with Gasteiger partial charge in [0.2, 0.25) is 11.8 Å². The molecular weight excluding hydrogens is 593 g/mol. The second kappa shape index (κ2) is 13.7. The fourth-order valence-electron chi connectivity index (χ4n) is 4.15. The highest BCUT2D eigenvalue weighted by Gasteiger charge is 2.34. The number of amides is 2. The average Bonchev–Trinajstić information content (AvgIpc) is 2.90. The van der Waals surface area contributed by atoms with Crippen molar-refractivity contribution in [3.05, 3.63) is 92.4 Å². The summed E-state index contributed by atoms with van der Waals surface area (Å²) < 4.78 is 28.9. The number of carbonyl (C=O) groups is 2. The predicted molar refractivity (Wildman–Crippen MR) is 162 cm³/mol. The lowest BCUT2D eigenvalue weighted by atomic mass is 10.1. The van der Waals surface area contributed by atoms with E-state index in [1.807, 2.05) is 6.92 Å². The van der Waals surface area contributed by atoms with Gasteiger partial charge >= 0.3 is 0 Å². The van der Waals surface area contributed by atoms with Gasteiger partial charge in [-0.05, 0) is 74.7 Å². The molecule has 0 aromatic heterocycles. The average molecular weight is 625 g/mol. The molecule has 0 fully saturated rings. The molecule has 0 bridgehead atoms. The van der Waals surface area contributed by atoms with E-state index in [1.54, 1.807) is 63.2 Å². The topological polar surface area (TPSA) is 86.8 Å². The third-order valence-electron chi connectivity index (χ3n) is 6.42. The van der Waals surface area contributed by atoms with Gasteiger partial charge < -0.3 is 10.2 Å². The summed E-state index contributed by atoms with van der Waals surface area (Å²) in [5, 5.41) is 3.87. The van der Waals surface area contributed by atoms with E-state index in [0.29, 0.717) is 33.6 Å². The molecule has 3 aromatic carbocycles. The molecule has 1 N–H and O–H groups in total. The van der Waals surface area contributed by atoms with Gasteiger partial charge in [-0.3, -0.25) is 13.9 Å². The summed E-state index contributed by atoms with van der Waals surface area (Å²) in [6, 6.07) is 15.2. The first kappa shape index (κ1) is 31.7. The summed E-state index contributed by atoms with van der Waals surface area (Å²) in [7, 11) is -4.20. The second-order valence-electron chi connectivity index (χ2n) is 9.33. The van der Waals surface area contributed by atoms with Gasteiger partial charge in [0.05, 0.1) is 10.6 Å². The monoisotopic (exact) mass is 623 g/mol. The molecule has 0 heterocycles. The molecule has 0 radical (unpaired) electrons. The number of aryl methyl sites for hydroxylation is 2. The lowest BCUT2D eigenvalue weighted by molar-refractivity contribution is -0.140. The van der Waals surface area contributed by atoms with Crippen LogP contribution in [0.1, 0.15) is 37.0 Å². The maximum absolute atomic E-state index is 14.0. The summed E-state index contributed by atoms with van der Waals surface area (Å²) in [6.07, 6.45) is 0.295. The summed E-state index contributed by atoms with van der Waals surface area (Å²) in [6.45, 7) is 6.98. The predicted octanol–water partition coefficient (Wildman–Crippen LogP) is 6.40. The maximum atomic E-state index is 14.0. The number of halogens is 3. The number of hydrogen-bond acceptors (Lipinski definition) is 4. The molecule has 0 aliphatic carbocycles. The van der Waals surface area contributed by atoms with E-state index in [-0.39, 0.29) is 23.0 Å². The first-order valence-electron chi connectivity index (χ1n) is 12.8. The van der Waals surface area contributed by atoms with Gasteiger partial charge in [-0.25, -0.2) is 8.42 Å². The molecule has 2 amide bonds. The molecule has 0 saturated carbocycles. The quantitative estimate of drug-likeness (QED) is 0.267. The highest BCUT2D eigenvalue weighted by molar-refractivity contribution is 7.92. The molecule has 0 saturated heterocycles. The molecule has 11 heteroatoms. The van der Waals surface area contributed by atoms with Crippen LogP contribution < -0.4 is 9.62 Å². The van der Waals surface area contributed by atoms with Crippen molar-refractivity contribution in [2.45, 2.75) is 51.6 Å². The van der Waals surface area contributed by atoms with E-state index >= 15 is 0 Å². The fourth-order valence-corrected chi connectivity index (χ4v) is 6.20. The first-order chi connectivity index (χ1) is 18.9. The number of hydrogen-bond donors (Lipinski definition) is 1. The SMILES string of the molecule is CCNC(=O)[C@H](CC)N(Cc1ccc(Cl)cc1Cl)C(=O)CN(c1ccc(C)c(Cl)c1)S(=O)(=O)c1ccc(C)cc1. The normalized spacial score (nSPS) is 12.1. The molecule has 214 valence electrons. The van der Waals surface area contributed by atoms with E-state index in [9.17, 15) is 18.0 Å². The van der Waals surface area contributed by atoms with Gasteiger partial charge in [-0.15, -0.1) is 0 Å². The van der Waals surface area contributed by atoms with Crippen molar-refractivity contribution in [2.24, 2.45) is 0 Å². The van der Waals surface area contributed by atoms with Crippen molar-refractivity contribution < 1.29 is 18.0 Å². The third-order valence-corrected chi connectivity index (χ3v) is 9.21. The smallest absolute Gasteiger partial charge is 0.264 e. The molecule has 3 rings (SSSR count). The molecule has 3 aromatic rings. The van der Waals surface area contributed by atoms with Crippen LogP contribution in [0.15, 0.2) is 65.6 Å². The minimum absolute atomic E-state index is 0.0191. The molecule has 40 heavy (non-hydrogen) atoms. The zero-order chi connectivity index (χ0) is 29.6. The van der Waals surface area contributed by atoms with Crippen molar-refractivity contribution in [1.82, 2.24) is 10.2 Å². The van der Waals surface area contributed by atoms with Crippen LogP contribution in [0.3, 0.4) is 0 Å². The van der Waals surface area contributed by atoms with Crippen LogP contribution in [0.4, 0.5) is 5.69 Å². The number of benzene rings is 3. The Hall–Kier alpha value is -2.78. The van der Waals surface area contributed by atoms with Crippen molar-refractivity contribution in [3.63, 3.8) is 0 Å². The minimum atomic E-state index is -4.20. The maximum Gasteiger partial charge on any atom is 0.264 e. The Morgan fingerprint density at radius 2 is 1.57 bits per heavy atom. The number of rotatable bonds is 11. The summed E-state index contributed by atoms with van der Waals surface area (Å²) in [4.78, 5) is 28.4. The molecule has 7 nitrogen and oxygen atoms in total. The van der Waals surface area contributed by atoms with Crippen molar-refractivity contribution in [1.29, 1.82) is 0 Å². The zero-order valence-corrected chi connectivity index (χ0v) is 25.8. The van der Waals surface area contributed by atoms with Crippen LogP contribution >= 0.6 is 34.8 Å². The van der Waals surface area contributed by atoms with E-state index in [1.165, 1.54) is 23.1 Å². The highest BCUT2D eigenvalue weighted by atomic mass is 35.5. The van der Waals surface area contributed by atoms with Crippen LogP contribution in [0.5, 0.6) is 0 Å². The lowest BCUT2D eigenvalue weighted by Gasteiger charge is -2.33. The minimum Gasteiger partial charge on any atom is -0.355 e. The molecule has 1 atom stereocenters. The van der Waals surface area contributed by atoms with E-state index in [4.69, 9.17) is 34.8 Å². The Morgan fingerprint density at radius 3 is 2.15 bits per heavy atom. The molecular formula is C29H32Cl3N3O4S. The Kier molecular flexibility index (Phi) is 10.9. The Bertz CT molecular complexity index is 1480. The molecule has 0 unspecified atom stereocenters. The Morgan fingerprint density at radius 1 is 0.900 bits per heavy atom. The van der Waals surface area contributed by atoms with Gasteiger partial charge in [0.1, 0.15) is 12.6 Å². The van der Waals surface area contributed by atoms with Gasteiger partial charge in [0, 0.05) is 28.2 Å². The first-order valence-corrected chi connectivity index (χ1v) is 15.3. The van der Waals surface area contributed by atoms with E-state index < -0.39 is 28.5 Å². The van der Waals surface area contributed by atoms with E-state index in [2.05, 4.69) is 5.32 Å². The summed E-state index contributed by atoms with van der Waals surface area (Å²) in [5.74, 6) is -0.939. The van der Waals surface area contributed by atoms with Crippen LogP contribution in [-0.2, 0) is 26.2 Å². The number of carbonyl (C=O) groups excluding carboxylic acids is 2. The number of nitrogens with one attached hydrogen (secondary N) is 1. The van der Waals surface area contributed by atoms with Crippen LogP contribution in [-0.4, -0.2) is 44.3 Å². The largest absolute Gasteiger partial charge is 0.355 e. The molecule has 0 spiro atoms. The molecule has 0 aliphatic rings. The van der Waals surface area contributed by atoms with Gasteiger partial charge in [-0.2, -0.15) is 0 Å². The van der Waals surface area contributed by atoms with Crippen LogP contribution in [0.25, 0.3) is 0 Å². The number of nitrogens with zero attached hydrogens (tertiary/aromatic N) is 2.